The highest BCUT2D eigenvalue weighted by Gasteiger charge is 2.28. The van der Waals surface area contributed by atoms with Gasteiger partial charge in [-0.25, -0.2) is 0 Å². The van der Waals surface area contributed by atoms with Crippen molar-refractivity contribution < 1.29 is 28.9 Å². The van der Waals surface area contributed by atoms with Gasteiger partial charge in [0, 0.05) is 13.1 Å². The van der Waals surface area contributed by atoms with Crippen LogP contribution >= 0.6 is 0 Å². The molecule has 4 aromatic rings. The summed E-state index contributed by atoms with van der Waals surface area (Å²) in [6.07, 6.45) is 17.8. The normalized spacial score (nSPS) is 23.8. The number of carbonyl (C=O) groups is 2. The van der Waals surface area contributed by atoms with Gasteiger partial charge < -0.3 is 19.3 Å². The van der Waals surface area contributed by atoms with Crippen molar-refractivity contribution in [1.29, 1.82) is 0 Å². The second kappa shape index (κ2) is 20.6. The van der Waals surface area contributed by atoms with Crippen LogP contribution in [0.2, 0.25) is 0 Å². The summed E-state index contributed by atoms with van der Waals surface area (Å²) in [6, 6.07) is 26.4. The summed E-state index contributed by atoms with van der Waals surface area (Å²) in [5, 5.41) is 14.2. The van der Waals surface area contributed by atoms with Gasteiger partial charge in [-0.3, -0.25) is 19.4 Å². The van der Waals surface area contributed by atoms with E-state index in [9.17, 15) is 14.7 Å². The molecule has 0 radical (unpaired) electrons. The number of carboxylic acids is 1. The number of benzene rings is 4. The summed E-state index contributed by atoms with van der Waals surface area (Å²) in [5.41, 5.74) is 2.59. The summed E-state index contributed by atoms with van der Waals surface area (Å²) in [4.78, 5) is 29.1. The molecule has 322 valence electrons. The van der Waals surface area contributed by atoms with Gasteiger partial charge in [-0.05, 0) is 197 Å². The van der Waals surface area contributed by atoms with E-state index in [1.165, 1.54) is 84.0 Å². The van der Waals surface area contributed by atoms with Gasteiger partial charge in [0.2, 0.25) is 0 Å². The van der Waals surface area contributed by atoms with E-state index < -0.39 is 5.97 Å². The monoisotopic (exact) mass is 817 g/mol. The molecule has 4 aromatic carbocycles. The minimum Gasteiger partial charge on any atom is -0.490 e. The lowest BCUT2D eigenvalue weighted by molar-refractivity contribution is -0.150. The van der Waals surface area contributed by atoms with Gasteiger partial charge in [0.05, 0.1) is 30.7 Å². The van der Waals surface area contributed by atoms with Crippen LogP contribution in [0.25, 0.3) is 21.5 Å². The molecule has 1 N–H and O–H groups in total. The maximum atomic E-state index is 12.9. The highest BCUT2D eigenvalue weighted by molar-refractivity contribution is 5.85. The van der Waals surface area contributed by atoms with E-state index >= 15 is 0 Å². The van der Waals surface area contributed by atoms with Crippen molar-refractivity contribution in [2.75, 3.05) is 32.8 Å². The SMILES string of the molecule is CC[C@H]1CC[C@@H](Oc2ccc3cc(CN4CCC(C(=O)OCCCC[C@H]5CC[C@@H](Oc6ccc7cc(CN8CCC(C(=O)O)CC8)ccc7c6)CC5)CC4)ccc3c2)CC1. The lowest BCUT2D eigenvalue weighted by atomic mass is 9.84. The molecule has 0 bridgehead atoms. The van der Waals surface area contributed by atoms with Crippen molar-refractivity contribution in [2.45, 2.75) is 135 Å². The molecular weight excluding hydrogens is 749 g/mol. The summed E-state index contributed by atoms with van der Waals surface area (Å²) >= 11 is 0. The fraction of sp³-hybridized carbons (Fsp3) is 0.577. The number of nitrogens with zero attached hydrogens (tertiary/aromatic N) is 2. The van der Waals surface area contributed by atoms with E-state index in [2.05, 4.69) is 89.5 Å². The van der Waals surface area contributed by atoms with Crippen LogP contribution in [0.4, 0.5) is 0 Å². The number of hydrogen-bond donors (Lipinski definition) is 1. The smallest absolute Gasteiger partial charge is 0.309 e. The molecule has 0 spiro atoms. The van der Waals surface area contributed by atoms with E-state index in [0.29, 0.717) is 12.7 Å². The molecule has 2 aliphatic carbocycles. The first kappa shape index (κ1) is 42.5. The second-order valence-electron chi connectivity index (χ2n) is 18.7. The zero-order valence-electron chi connectivity index (χ0n) is 36.0. The quantitative estimate of drug-likeness (QED) is 0.0883. The summed E-state index contributed by atoms with van der Waals surface area (Å²) in [6.45, 7) is 8.15. The van der Waals surface area contributed by atoms with Crippen LogP contribution in [0.15, 0.2) is 72.8 Å². The number of rotatable bonds is 16. The first-order valence-electron chi connectivity index (χ1n) is 23.6. The zero-order chi connectivity index (χ0) is 41.3. The first-order valence-corrected chi connectivity index (χ1v) is 23.6. The summed E-state index contributed by atoms with van der Waals surface area (Å²) in [7, 11) is 0. The zero-order valence-corrected chi connectivity index (χ0v) is 36.0. The molecule has 2 aliphatic heterocycles. The summed E-state index contributed by atoms with van der Waals surface area (Å²) in [5.74, 6) is 2.71. The third-order valence-electron chi connectivity index (χ3n) is 14.4. The molecule has 8 heteroatoms. The van der Waals surface area contributed by atoms with Crippen LogP contribution < -0.4 is 9.47 Å². The van der Waals surface area contributed by atoms with E-state index in [1.54, 1.807) is 0 Å². The van der Waals surface area contributed by atoms with Crippen LogP contribution in [0.3, 0.4) is 0 Å². The standard InChI is InChI=1S/C52H68N2O6/c1-2-37-8-16-47(17-9-37)59-49-20-14-44-32-40(7-13-45(44)33-49)36-54-28-24-42(25-29-54)52(57)58-30-4-3-5-38-10-18-48(19-11-38)60-50-21-15-43-31-39(6-12-46(43)34-50)35-53-26-22-41(23-27-53)51(55)56/h6-7,12-15,20-21,31-34,37-38,41-42,47-48H,2-5,8-11,16-19,22-30,35-36H2,1H3,(H,55,56)/t37-,38-,47+,48+. The number of fused-ring (bicyclic) bond motifs is 2. The Balaban J connectivity index is 0.677. The predicted octanol–water partition coefficient (Wildman–Crippen LogP) is 11.2. The molecule has 8 nitrogen and oxygen atoms in total. The average molecular weight is 817 g/mol. The molecule has 0 atom stereocenters. The van der Waals surface area contributed by atoms with E-state index in [1.807, 2.05) is 0 Å². The number of esters is 1. The largest absolute Gasteiger partial charge is 0.490 e. The number of ether oxygens (including phenoxy) is 3. The molecular formula is C52H68N2O6. The van der Waals surface area contributed by atoms with Crippen molar-refractivity contribution in [1.82, 2.24) is 9.80 Å². The van der Waals surface area contributed by atoms with Crippen LogP contribution in [-0.2, 0) is 27.4 Å². The van der Waals surface area contributed by atoms with Crippen LogP contribution in [-0.4, -0.2) is 71.8 Å². The maximum absolute atomic E-state index is 12.9. The topological polar surface area (TPSA) is 88.5 Å². The lowest BCUT2D eigenvalue weighted by Gasteiger charge is -2.31. The number of piperidine rings is 2. The third-order valence-corrected chi connectivity index (χ3v) is 14.4. The molecule has 60 heavy (non-hydrogen) atoms. The van der Waals surface area contributed by atoms with E-state index in [-0.39, 0.29) is 23.9 Å². The average Bonchev–Trinajstić information content (AvgIpc) is 3.27. The highest BCUT2D eigenvalue weighted by Crippen LogP contribution is 2.34. The van der Waals surface area contributed by atoms with Crippen LogP contribution in [0.1, 0.15) is 121 Å². The second-order valence-corrected chi connectivity index (χ2v) is 18.7. The number of likely N-dealkylation sites (tertiary alicyclic amines) is 2. The van der Waals surface area contributed by atoms with Crippen LogP contribution in [0.5, 0.6) is 11.5 Å². The van der Waals surface area contributed by atoms with E-state index in [0.717, 1.165) is 114 Å². The van der Waals surface area contributed by atoms with Gasteiger partial charge >= 0.3 is 11.9 Å². The third kappa shape index (κ3) is 11.6. The Morgan fingerprint density at radius 1 is 0.567 bits per heavy atom. The van der Waals surface area contributed by atoms with Gasteiger partial charge in [0.1, 0.15) is 11.5 Å². The molecule has 2 saturated heterocycles. The minimum absolute atomic E-state index is 0.00160. The fourth-order valence-electron chi connectivity index (χ4n) is 10.5. The molecule has 2 heterocycles. The Morgan fingerprint density at radius 2 is 1.03 bits per heavy atom. The maximum Gasteiger partial charge on any atom is 0.309 e. The molecule has 0 amide bonds. The van der Waals surface area contributed by atoms with E-state index in [4.69, 9.17) is 14.2 Å². The number of carbonyl (C=O) groups excluding carboxylic acids is 1. The van der Waals surface area contributed by atoms with Gasteiger partial charge in [-0.1, -0.05) is 56.2 Å². The number of aliphatic carboxylic acids is 1. The fourth-order valence-corrected chi connectivity index (χ4v) is 10.5. The Morgan fingerprint density at radius 3 is 1.53 bits per heavy atom. The number of hydrogen-bond acceptors (Lipinski definition) is 7. The number of carboxylic acid groups (broad SMARTS) is 1. The Kier molecular flexibility index (Phi) is 14.6. The van der Waals surface area contributed by atoms with Crippen molar-refractivity contribution in [3.63, 3.8) is 0 Å². The Hall–Kier alpha value is -4.14. The first-order chi connectivity index (χ1) is 29.3. The van der Waals surface area contributed by atoms with Gasteiger partial charge in [0.25, 0.3) is 0 Å². The molecule has 8 rings (SSSR count). The van der Waals surface area contributed by atoms with Crippen molar-refractivity contribution in [3.05, 3.63) is 83.9 Å². The Labute approximate surface area is 357 Å². The predicted molar refractivity (Wildman–Crippen MR) is 239 cm³/mol. The van der Waals surface area contributed by atoms with Gasteiger partial charge in [0.15, 0.2) is 0 Å². The van der Waals surface area contributed by atoms with Crippen molar-refractivity contribution in [3.8, 4) is 11.5 Å². The molecule has 0 aromatic heterocycles. The van der Waals surface area contributed by atoms with Gasteiger partial charge in [-0.15, -0.1) is 0 Å². The highest BCUT2D eigenvalue weighted by atomic mass is 16.5. The minimum atomic E-state index is -0.659. The van der Waals surface area contributed by atoms with Crippen molar-refractivity contribution in [2.24, 2.45) is 23.7 Å². The van der Waals surface area contributed by atoms with Gasteiger partial charge in [-0.2, -0.15) is 0 Å². The number of unbranched alkanes of at least 4 members (excludes halogenated alkanes) is 1. The molecule has 4 aliphatic rings. The van der Waals surface area contributed by atoms with Crippen molar-refractivity contribution >= 4 is 33.5 Å². The molecule has 4 fully saturated rings. The Bertz CT molecular complexity index is 2020. The lowest BCUT2D eigenvalue weighted by Crippen LogP contribution is -2.36. The molecule has 0 unspecified atom stereocenters. The molecule has 2 saturated carbocycles. The summed E-state index contributed by atoms with van der Waals surface area (Å²) < 4.78 is 18.7. The van der Waals surface area contributed by atoms with Crippen LogP contribution in [0, 0.1) is 23.7 Å².